The summed E-state index contributed by atoms with van der Waals surface area (Å²) in [6.07, 6.45) is 2.03. The highest BCUT2D eigenvalue weighted by molar-refractivity contribution is 9.10. The van der Waals surface area contributed by atoms with Crippen molar-refractivity contribution < 1.29 is 9.90 Å². The number of aromatic amines is 1. The Hall–Kier alpha value is -1.37. The molecule has 0 spiro atoms. The molecule has 15 heavy (non-hydrogen) atoms. The van der Waals surface area contributed by atoms with Gasteiger partial charge in [-0.2, -0.15) is 4.98 Å². The van der Waals surface area contributed by atoms with E-state index in [1.807, 2.05) is 0 Å². The molecule has 1 aliphatic rings. The number of carboxylic acid groups (broad SMARTS) is 1. The van der Waals surface area contributed by atoms with Crippen LogP contribution in [-0.4, -0.2) is 27.1 Å². The first kappa shape index (κ1) is 10.2. The molecule has 1 aromatic rings. The number of nitrogens with zero attached hydrogens (tertiary/aromatic N) is 1. The SMILES string of the molecule is O=C(O)c1[nH]c(=O)nc(NC2CC2)c1Br. The van der Waals surface area contributed by atoms with Gasteiger partial charge in [0.05, 0.1) is 4.47 Å². The van der Waals surface area contributed by atoms with Crippen molar-refractivity contribution in [1.29, 1.82) is 0 Å². The maximum atomic E-state index is 11.1. The first-order chi connectivity index (χ1) is 7.08. The van der Waals surface area contributed by atoms with E-state index in [1.165, 1.54) is 0 Å². The van der Waals surface area contributed by atoms with Crippen LogP contribution in [0.4, 0.5) is 5.82 Å². The van der Waals surface area contributed by atoms with Crippen molar-refractivity contribution in [3.8, 4) is 0 Å². The van der Waals surface area contributed by atoms with Crippen LogP contribution in [0.3, 0.4) is 0 Å². The molecule has 0 aromatic carbocycles. The Labute approximate surface area is 92.9 Å². The molecule has 1 aliphatic carbocycles. The van der Waals surface area contributed by atoms with Gasteiger partial charge >= 0.3 is 11.7 Å². The molecule has 0 aliphatic heterocycles. The molecule has 2 rings (SSSR count). The Morgan fingerprint density at radius 3 is 2.80 bits per heavy atom. The molecular weight excluding hydrogens is 266 g/mol. The van der Waals surface area contributed by atoms with Gasteiger partial charge in [0.1, 0.15) is 11.5 Å². The molecule has 0 saturated heterocycles. The fourth-order valence-electron chi connectivity index (χ4n) is 1.12. The molecule has 0 unspecified atom stereocenters. The number of carbonyl (C=O) groups is 1. The highest BCUT2D eigenvalue weighted by atomic mass is 79.9. The predicted molar refractivity (Wildman–Crippen MR) is 56.2 cm³/mol. The number of carboxylic acids is 1. The Kier molecular flexibility index (Phi) is 2.47. The second-order valence-electron chi connectivity index (χ2n) is 3.30. The Morgan fingerprint density at radius 2 is 2.27 bits per heavy atom. The van der Waals surface area contributed by atoms with E-state index < -0.39 is 11.7 Å². The predicted octanol–water partition coefficient (Wildman–Crippen LogP) is 0.805. The summed E-state index contributed by atoms with van der Waals surface area (Å²) in [6.45, 7) is 0. The largest absolute Gasteiger partial charge is 0.477 e. The van der Waals surface area contributed by atoms with Crippen LogP contribution in [0.2, 0.25) is 0 Å². The molecule has 1 fully saturated rings. The molecule has 0 amide bonds. The topological polar surface area (TPSA) is 95.1 Å². The first-order valence-electron chi connectivity index (χ1n) is 4.37. The minimum atomic E-state index is -1.19. The molecule has 1 aromatic heterocycles. The number of halogens is 1. The molecule has 0 radical (unpaired) electrons. The van der Waals surface area contributed by atoms with Gasteiger partial charge in [-0.05, 0) is 28.8 Å². The maximum absolute atomic E-state index is 11.1. The van der Waals surface area contributed by atoms with Crippen LogP contribution in [0.1, 0.15) is 23.3 Å². The van der Waals surface area contributed by atoms with Crippen LogP contribution < -0.4 is 11.0 Å². The van der Waals surface area contributed by atoms with Gasteiger partial charge in [-0.15, -0.1) is 0 Å². The second-order valence-corrected chi connectivity index (χ2v) is 4.10. The van der Waals surface area contributed by atoms with Crippen molar-refractivity contribution in [3.63, 3.8) is 0 Å². The average Bonchev–Trinajstić information content (AvgIpc) is 2.94. The van der Waals surface area contributed by atoms with E-state index in [4.69, 9.17) is 5.11 Å². The number of nitrogens with one attached hydrogen (secondary N) is 2. The molecule has 7 heteroatoms. The summed E-state index contributed by atoms with van der Waals surface area (Å²) in [6, 6.07) is 0.303. The minimum Gasteiger partial charge on any atom is -0.477 e. The number of aromatic carboxylic acids is 1. The number of aromatic nitrogens is 2. The number of hydrogen-bond donors (Lipinski definition) is 3. The summed E-state index contributed by atoms with van der Waals surface area (Å²) < 4.78 is 0.279. The normalized spacial score (nSPS) is 15.0. The van der Waals surface area contributed by atoms with E-state index in [2.05, 4.69) is 31.2 Å². The van der Waals surface area contributed by atoms with Crippen molar-refractivity contribution in [3.05, 3.63) is 20.7 Å². The minimum absolute atomic E-state index is 0.182. The lowest BCUT2D eigenvalue weighted by Crippen LogP contribution is -2.20. The molecule has 0 atom stereocenters. The third kappa shape index (κ3) is 2.17. The summed E-state index contributed by atoms with van der Waals surface area (Å²) in [5.41, 5.74) is -0.850. The van der Waals surface area contributed by atoms with Crippen molar-refractivity contribution in [2.24, 2.45) is 0 Å². The number of rotatable bonds is 3. The fourth-order valence-corrected chi connectivity index (χ4v) is 1.59. The fraction of sp³-hybridized carbons (Fsp3) is 0.375. The highest BCUT2D eigenvalue weighted by Crippen LogP contribution is 2.28. The summed E-state index contributed by atoms with van der Waals surface area (Å²) in [4.78, 5) is 27.7. The zero-order valence-corrected chi connectivity index (χ0v) is 9.17. The van der Waals surface area contributed by atoms with Crippen molar-refractivity contribution >= 4 is 27.7 Å². The highest BCUT2D eigenvalue weighted by Gasteiger charge is 2.24. The molecule has 0 bridgehead atoms. The van der Waals surface area contributed by atoms with Gasteiger partial charge in [0.2, 0.25) is 0 Å². The lowest BCUT2D eigenvalue weighted by Gasteiger charge is -2.06. The summed E-state index contributed by atoms with van der Waals surface area (Å²) in [5.74, 6) is -0.904. The molecule has 6 nitrogen and oxygen atoms in total. The van der Waals surface area contributed by atoms with Crippen molar-refractivity contribution in [2.75, 3.05) is 5.32 Å². The van der Waals surface area contributed by atoms with Gasteiger partial charge in [-0.25, -0.2) is 9.59 Å². The van der Waals surface area contributed by atoms with E-state index in [0.717, 1.165) is 12.8 Å². The van der Waals surface area contributed by atoms with Crippen LogP contribution in [-0.2, 0) is 0 Å². The average molecular weight is 274 g/mol. The van der Waals surface area contributed by atoms with Crippen LogP contribution >= 0.6 is 15.9 Å². The lowest BCUT2D eigenvalue weighted by atomic mass is 10.4. The zero-order chi connectivity index (χ0) is 11.0. The first-order valence-corrected chi connectivity index (χ1v) is 5.17. The summed E-state index contributed by atoms with van der Waals surface area (Å²) in [5, 5.41) is 11.8. The van der Waals surface area contributed by atoms with Gasteiger partial charge < -0.3 is 10.4 Å². The van der Waals surface area contributed by atoms with E-state index >= 15 is 0 Å². The van der Waals surface area contributed by atoms with Crippen LogP contribution in [0, 0.1) is 0 Å². The van der Waals surface area contributed by atoms with Gasteiger partial charge in [-0.1, -0.05) is 0 Å². The monoisotopic (exact) mass is 273 g/mol. The van der Waals surface area contributed by atoms with Crippen LogP contribution in [0.25, 0.3) is 0 Å². The third-order valence-corrected chi connectivity index (χ3v) is 2.78. The number of hydrogen-bond acceptors (Lipinski definition) is 4. The maximum Gasteiger partial charge on any atom is 0.353 e. The molecule has 80 valence electrons. The van der Waals surface area contributed by atoms with Crippen molar-refractivity contribution in [1.82, 2.24) is 9.97 Å². The Bertz CT molecular complexity index is 467. The zero-order valence-electron chi connectivity index (χ0n) is 7.58. The Morgan fingerprint density at radius 1 is 1.60 bits per heavy atom. The quantitative estimate of drug-likeness (QED) is 0.758. The van der Waals surface area contributed by atoms with Crippen molar-refractivity contribution in [2.45, 2.75) is 18.9 Å². The molecular formula is C8H8BrN3O3. The van der Waals surface area contributed by atoms with Crippen LogP contribution in [0.5, 0.6) is 0 Å². The van der Waals surface area contributed by atoms with E-state index in [-0.39, 0.29) is 10.2 Å². The Balaban J connectivity index is 2.43. The number of anilines is 1. The number of H-pyrrole nitrogens is 1. The van der Waals surface area contributed by atoms with E-state index in [9.17, 15) is 9.59 Å². The van der Waals surface area contributed by atoms with E-state index in [1.54, 1.807) is 0 Å². The van der Waals surface area contributed by atoms with Gasteiger partial charge in [0.15, 0.2) is 0 Å². The van der Waals surface area contributed by atoms with Crippen LogP contribution in [0.15, 0.2) is 9.27 Å². The molecule has 1 saturated carbocycles. The standard InChI is InChI=1S/C8H8BrN3O3/c9-4-5(7(13)14)11-8(15)12-6(4)10-3-1-2-3/h3H,1-2H2,(H,13,14)(H2,10,11,12,15). The van der Waals surface area contributed by atoms with Gasteiger partial charge in [-0.3, -0.25) is 4.98 Å². The third-order valence-electron chi connectivity index (χ3n) is 2.00. The summed E-state index contributed by atoms with van der Waals surface area (Å²) >= 11 is 3.10. The smallest absolute Gasteiger partial charge is 0.353 e. The summed E-state index contributed by atoms with van der Waals surface area (Å²) in [7, 11) is 0. The molecule has 1 heterocycles. The molecule has 3 N–H and O–H groups in total. The second kappa shape index (κ2) is 3.65. The lowest BCUT2D eigenvalue weighted by molar-refractivity contribution is 0.0689. The van der Waals surface area contributed by atoms with E-state index in [0.29, 0.717) is 11.9 Å². The van der Waals surface area contributed by atoms with Gasteiger partial charge in [0, 0.05) is 6.04 Å². The van der Waals surface area contributed by atoms with Gasteiger partial charge in [0.25, 0.3) is 0 Å².